The van der Waals surface area contributed by atoms with Crippen LogP contribution in [0, 0.1) is 0 Å². The standard InChI is InChI=1S/C7H11F3O2/c1-3-6(2)11-4-5(12-6)7(8,9)10/h5H,3-4H2,1-2H3. The maximum absolute atomic E-state index is 12.0. The molecule has 0 aromatic rings. The Bertz CT molecular complexity index is 169. The molecule has 1 heterocycles. The topological polar surface area (TPSA) is 18.5 Å². The van der Waals surface area contributed by atoms with Crippen LogP contribution in [0.15, 0.2) is 0 Å². The van der Waals surface area contributed by atoms with Crippen LogP contribution in [0.5, 0.6) is 0 Å². The molecule has 0 amide bonds. The average Bonchev–Trinajstić information content (AvgIpc) is 2.32. The Labute approximate surface area is 68.6 Å². The lowest BCUT2D eigenvalue weighted by molar-refractivity contribution is -0.237. The van der Waals surface area contributed by atoms with E-state index in [1.54, 1.807) is 6.92 Å². The van der Waals surface area contributed by atoms with Crippen LogP contribution >= 0.6 is 0 Å². The van der Waals surface area contributed by atoms with Crippen LogP contribution in [-0.2, 0) is 9.47 Å². The van der Waals surface area contributed by atoms with Crippen LogP contribution in [0.2, 0.25) is 0 Å². The van der Waals surface area contributed by atoms with Crippen LogP contribution < -0.4 is 0 Å². The van der Waals surface area contributed by atoms with Gasteiger partial charge in [-0.3, -0.25) is 0 Å². The zero-order valence-corrected chi connectivity index (χ0v) is 6.94. The molecule has 0 radical (unpaired) electrons. The molecule has 2 nitrogen and oxygen atoms in total. The lowest BCUT2D eigenvalue weighted by atomic mass is 10.2. The third-order valence-electron chi connectivity index (χ3n) is 1.94. The number of hydrogen-bond donors (Lipinski definition) is 0. The first kappa shape index (κ1) is 9.80. The van der Waals surface area contributed by atoms with E-state index in [-0.39, 0.29) is 0 Å². The van der Waals surface area contributed by atoms with Crippen molar-refractivity contribution in [2.75, 3.05) is 6.61 Å². The fourth-order valence-corrected chi connectivity index (χ4v) is 0.968. The highest BCUT2D eigenvalue weighted by Crippen LogP contribution is 2.34. The van der Waals surface area contributed by atoms with E-state index in [0.717, 1.165) is 0 Å². The van der Waals surface area contributed by atoms with Gasteiger partial charge in [0.2, 0.25) is 0 Å². The minimum Gasteiger partial charge on any atom is -0.347 e. The zero-order valence-electron chi connectivity index (χ0n) is 6.94. The highest BCUT2D eigenvalue weighted by atomic mass is 19.4. The number of hydrogen-bond acceptors (Lipinski definition) is 2. The number of halogens is 3. The molecule has 0 spiro atoms. The number of ether oxygens (including phenoxy) is 2. The highest BCUT2D eigenvalue weighted by Gasteiger charge is 2.50. The van der Waals surface area contributed by atoms with Crippen LogP contribution in [0.3, 0.4) is 0 Å². The molecule has 1 aliphatic heterocycles. The van der Waals surface area contributed by atoms with Gasteiger partial charge < -0.3 is 9.47 Å². The normalized spacial score (nSPS) is 37.2. The summed E-state index contributed by atoms with van der Waals surface area (Å²) in [6.07, 6.45) is -5.66. The van der Waals surface area contributed by atoms with E-state index < -0.39 is 24.7 Å². The molecule has 1 saturated heterocycles. The first-order valence-corrected chi connectivity index (χ1v) is 3.76. The van der Waals surface area contributed by atoms with Crippen molar-refractivity contribution in [1.29, 1.82) is 0 Å². The molecule has 0 aliphatic carbocycles. The molecule has 0 aromatic heterocycles. The third kappa shape index (κ3) is 1.90. The monoisotopic (exact) mass is 184 g/mol. The first-order chi connectivity index (χ1) is 5.37. The second-order valence-electron chi connectivity index (χ2n) is 2.95. The largest absolute Gasteiger partial charge is 0.417 e. The van der Waals surface area contributed by atoms with Crippen molar-refractivity contribution in [3.05, 3.63) is 0 Å². The van der Waals surface area contributed by atoms with E-state index in [1.807, 2.05) is 0 Å². The molecule has 12 heavy (non-hydrogen) atoms. The Kier molecular flexibility index (Phi) is 2.35. The first-order valence-electron chi connectivity index (χ1n) is 3.76. The lowest BCUT2D eigenvalue weighted by Crippen LogP contribution is -2.33. The SMILES string of the molecule is CCC1(C)OCC(C(F)(F)F)O1. The van der Waals surface area contributed by atoms with Gasteiger partial charge in [-0.25, -0.2) is 0 Å². The van der Waals surface area contributed by atoms with Gasteiger partial charge in [0.15, 0.2) is 11.9 Å². The van der Waals surface area contributed by atoms with Gasteiger partial charge in [-0.15, -0.1) is 0 Å². The van der Waals surface area contributed by atoms with Gasteiger partial charge in [0, 0.05) is 0 Å². The molecule has 2 atom stereocenters. The van der Waals surface area contributed by atoms with Crippen molar-refractivity contribution in [3.8, 4) is 0 Å². The predicted octanol–water partition coefficient (Wildman–Crippen LogP) is 2.09. The quantitative estimate of drug-likeness (QED) is 0.621. The average molecular weight is 184 g/mol. The molecule has 0 bridgehead atoms. The van der Waals surface area contributed by atoms with Crippen LogP contribution in [0.1, 0.15) is 20.3 Å². The van der Waals surface area contributed by atoms with E-state index in [4.69, 9.17) is 9.47 Å². The van der Waals surface area contributed by atoms with Crippen LogP contribution in [0.4, 0.5) is 13.2 Å². The highest BCUT2D eigenvalue weighted by molar-refractivity contribution is 4.78. The van der Waals surface area contributed by atoms with Crippen molar-refractivity contribution < 1.29 is 22.6 Å². The van der Waals surface area contributed by atoms with Crippen LogP contribution in [0.25, 0.3) is 0 Å². The van der Waals surface area contributed by atoms with Gasteiger partial charge >= 0.3 is 6.18 Å². The molecular weight excluding hydrogens is 173 g/mol. The molecule has 0 saturated carbocycles. The Morgan fingerprint density at radius 1 is 1.50 bits per heavy atom. The van der Waals surface area contributed by atoms with Crippen molar-refractivity contribution in [3.63, 3.8) is 0 Å². The zero-order chi connectivity index (χ0) is 9.41. The second-order valence-corrected chi connectivity index (χ2v) is 2.95. The third-order valence-corrected chi connectivity index (χ3v) is 1.94. The maximum atomic E-state index is 12.0. The lowest BCUT2D eigenvalue weighted by Gasteiger charge is -2.21. The molecular formula is C7H11F3O2. The summed E-state index contributed by atoms with van der Waals surface area (Å²) < 4.78 is 45.7. The summed E-state index contributed by atoms with van der Waals surface area (Å²) >= 11 is 0. The molecule has 2 unspecified atom stereocenters. The Morgan fingerprint density at radius 3 is 2.33 bits per heavy atom. The maximum Gasteiger partial charge on any atom is 0.417 e. The molecule has 0 aromatic carbocycles. The molecule has 1 aliphatic rings. The van der Waals surface area contributed by atoms with Gasteiger partial charge in [0.25, 0.3) is 0 Å². The Hall–Kier alpha value is -0.290. The summed E-state index contributed by atoms with van der Waals surface area (Å²) in [4.78, 5) is 0. The van der Waals surface area contributed by atoms with Gasteiger partial charge in [0.05, 0.1) is 6.61 Å². The van der Waals surface area contributed by atoms with Crippen molar-refractivity contribution >= 4 is 0 Å². The minimum atomic E-state index is -4.31. The van der Waals surface area contributed by atoms with Crippen molar-refractivity contribution in [2.24, 2.45) is 0 Å². The molecule has 1 rings (SSSR count). The second kappa shape index (κ2) is 2.88. The van der Waals surface area contributed by atoms with Gasteiger partial charge in [-0.05, 0) is 13.3 Å². The minimum absolute atomic E-state index is 0.395. The molecule has 72 valence electrons. The number of rotatable bonds is 1. The summed E-state index contributed by atoms with van der Waals surface area (Å²) in [5.41, 5.74) is 0. The van der Waals surface area contributed by atoms with E-state index in [0.29, 0.717) is 6.42 Å². The molecule has 5 heteroatoms. The predicted molar refractivity (Wildman–Crippen MR) is 35.6 cm³/mol. The van der Waals surface area contributed by atoms with Crippen molar-refractivity contribution in [1.82, 2.24) is 0 Å². The van der Waals surface area contributed by atoms with Gasteiger partial charge in [-0.1, -0.05) is 6.92 Å². The molecule has 0 N–H and O–H groups in total. The summed E-state index contributed by atoms with van der Waals surface area (Å²) in [5, 5.41) is 0. The Balaban J connectivity index is 2.57. The summed E-state index contributed by atoms with van der Waals surface area (Å²) in [7, 11) is 0. The molecule has 1 fully saturated rings. The summed E-state index contributed by atoms with van der Waals surface area (Å²) in [6.45, 7) is 2.84. The fourth-order valence-electron chi connectivity index (χ4n) is 0.968. The van der Waals surface area contributed by atoms with E-state index in [1.165, 1.54) is 6.92 Å². The summed E-state index contributed by atoms with van der Waals surface area (Å²) in [6, 6.07) is 0. The van der Waals surface area contributed by atoms with Gasteiger partial charge in [-0.2, -0.15) is 13.2 Å². The van der Waals surface area contributed by atoms with E-state index in [2.05, 4.69) is 0 Å². The Morgan fingerprint density at radius 2 is 2.08 bits per heavy atom. The van der Waals surface area contributed by atoms with E-state index >= 15 is 0 Å². The fraction of sp³-hybridized carbons (Fsp3) is 1.00. The summed E-state index contributed by atoms with van der Waals surface area (Å²) in [5.74, 6) is -1.06. The number of alkyl halides is 3. The smallest absolute Gasteiger partial charge is 0.347 e. The van der Waals surface area contributed by atoms with Crippen LogP contribution in [-0.4, -0.2) is 24.7 Å². The van der Waals surface area contributed by atoms with E-state index in [9.17, 15) is 13.2 Å². The van der Waals surface area contributed by atoms with Crippen molar-refractivity contribution in [2.45, 2.75) is 38.3 Å². The van der Waals surface area contributed by atoms with Gasteiger partial charge in [0.1, 0.15) is 0 Å².